The van der Waals surface area contributed by atoms with Crippen molar-refractivity contribution in [3.8, 4) is 11.5 Å². The van der Waals surface area contributed by atoms with Crippen molar-refractivity contribution in [2.75, 3.05) is 64.9 Å². The van der Waals surface area contributed by atoms with E-state index in [0.717, 1.165) is 56.8 Å². The molecule has 2 amide bonds. The third kappa shape index (κ3) is 5.29. The number of ether oxygens (including phenoxy) is 2. The van der Waals surface area contributed by atoms with Crippen molar-refractivity contribution in [1.82, 2.24) is 15.1 Å². The number of nitrogens with one attached hydrogen (secondary N) is 1. The SMILES string of the molecule is COc1cc2c(cc1OC)[C@@H](C(=O)NCCCN1CCN(c3ccc(F)cc3)CC1)[C@@H]1c3ccccc3CCN1C2=O. The molecule has 0 bridgehead atoms. The van der Waals surface area contributed by atoms with Crippen LogP contribution in [0.4, 0.5) is 10.1 Å². The van der Waals surface area contributed by atoms with E-state index in [9.17, 15) is 14.0 Å². The maximum absolute atomic E-state index is 14.0. The van der Waals surface area contributed by atoms with Gasteiger partial charge in [-0.1, -0.05) is 24.3 Å². The van der Waals surface area contributed by atoms with E-state index in [1.807, 2.05) is 35.2 Å². The van der Waals surface area contributed by atoms with Crippen molar-refractivity contribution < 1.29 is 23.5 Å². The molecular weight excluding hydrogens is 535 g/mol. The zero-order valence-electron chi connectivity index (χ0n) is 24.1. The number of carbonyl (C=O) groups is 2. The molecule has 3 aliphatic heterocycles. The maximum Gasteiger partial charge on any atom is 0.254 e. The first kappa shape index (κ1) is 28.0. The van der Waals surface area contributed by atoms with E-state index < -0.39 is 5.92 Å². The summed E-state index contributed by atoms with van der Waals surface area (Å²) < 4.78 is 24.3. The molecule has 3 aliphatic rings. The Hall–Kier alpha value is -4.11. The summed E-state index contributed by atoms with van der Waals surface area (Å²) in [7, 11) is 3.11. The highest BCUT2D eigenvalue weighted by Crippen LogP contribution is 2.48. The molecule has 8 nitrogen and oxygen atoms in total. The molecule has 0 spiro atoms. The van der Waals surface area contributed by atoms with Gasteiger partial charge in [0.15, 0.2) is 11.5 Å². The molecule has 42 heavy (non-hydrogen) atoms. The predicted octanol–water partition coefficient (Wildman–Crippen LogP) is 4.01. The molecule has 1 saturated heterocycles. The summed E-state index contributed by atoms with van der Waals surface area (Å²) in [5, 5.41) is 3.20. The van der Waals surface area contributed by atoms with Crippen LogP contribution in [0, 0.1) is 5.82 Å². The van der Waals surface area contributed by atoms with Crippen LogP contribution in [-0.4, -0.2) is 81.6 Å². The molecule has 0 unspecified atom stereocenters. The lowest BCUT2D eigenvalue weighted by molar-refractivity contribution is -0.124. The molecule has 220 valence electrons. The van der Waals surface area contributed by atoms with Crippen molar-refractivity contribution in [3.05, 3.63) is 88.7 Å². The highest BCUT2D eigenvalue weighted by atomic mass is 19.1. The fraction of sp³-hybridized carbons (Fsp3) is 0.394. The highest BCUT2D eigenvalue weighted by Gasteiger charge is 2.46. The zero-order valence-corrected chi connectivity index (χ0v) is 24.1. The van der Waals surface area contributed by atoms with Gasteiger partial charge in [-0.3, -0.25) is 14.5 Å². The quantitative estimate of drug-likeness (QED) is 0.412. The van der Waals surface area contributed by atoms with Crippen molar-refractivity contribution in [2.45, 2.75) is 24.8 Å². The number of hydrogen-bond donors (Lipinski definition) is 1. The second-order valence-electron chi connectivity index (χ2n) is 11.1. The topological polar surface area (TPSA) is 74.4 Å². The minimum Gasteiger partial charge on any atom is -0.493 e. The van der Waals surface area contributed by atoms with Crippen LogP contribution in [0.15, 0.2) is 60.7 Å². The van der Waals surface area contributed by atoms with Crippen molar-refractivity contribution in [2.24, 2.45) is 0 Å². The Morgan fingerprint density at radius 2 is 1.64 bits per heavy atom. The minimum absolute atomic E-state index is 0.0886. The van der Waals surface area contributed by atoms with Crippen LogP contribution in [-0.2, 0) is 11.2 Å². The molecule has 0 saturated carbocycles. The number of methoxy groups -OCH3 is 2. The Morgan fingerprint density at radius 3 is 2.38 bits per heavy atom. The van der Waals surface area contributed by atoms with Gasteiger partial charge in [0.2, 0.25) is 5.91 Å². The predicted molar refractivity (Wildman–Crippen MR) is 159 cm³/mol. The van der Waals surface area contributed by atoms with Crippen LogP contribution in [0.5, 0.6) is 11.5 Å². The van der Waals surface area contributed by atoms with Gasteiger partial charge in [0.25, 0.3) is 5.91 Å². The van der Waals surface area contributed by atoms with Gasteiger partial charge in [0.05, 0.1) is 26.2 Å². The number of benzene rings is 3. The lowest BCUT2D eigenvalue weighted by Gasteiger charge is -2.45. The maximum atomic E-state index is 14.0. The minimum atomic E-state index is -0.571. The Balaban J connectivity index is 1.15. The number of fused-ring (bicyclic) bond motifs is 4. The Kier molecular flexibility index (Phi) is 8.02. The van der Waals surface area contributed by atoms with E-state index in [4.69, 9.17) is 9.47 Å². The molecule has 1 N–H and O–H groups in total. The Morgan fingerprint density at radius 1 is 0.929 bits per heavy atom. The molecule has 3 aromatic rings. The molecule has 9 heteroatoms. The Bertz CT molecular complexity index is 1450. The second kappa shape index (κ2) is 12.0. The monoisotopic (exact) mass is 572 g/mol. The average molecular weight is 573 g/mol. The normalized spacial score (nSPS) is 19.9. The van der Waals surface area contributed by atoms with Gasteiger partial charge in [-0.2, -0.15) is 0 Å². The molecule has 0 radical (unpaired) electrons. The van der Waals surface area contributed by atoms with Gasteiger partial charge in [0.1, 0.15) is 5.82 Å². The van der Waals surface area contributed by atoms with Gasteiger partial charge in [-0.25, -0.2) is 4.39 Å². The van der Waals surface area contributed by atoms with Crippen LogP contribution in [0.25, 0.3) is 0 Å². The summed E-state index contributed by atoms with van der Waals surface area (Å²) in [5.74, 6) is -0.00312. The average Bonchev–Trinajstić information content (AvgIpc) is 3.03. The zero-order chi connectivity index (χ0) is 29.2. The van der Waals surface area contributed by atoms with Crippen molar-refractivity contribution in [3.63, 3.8) is 0 Å². The van der Waals surface area contributed by atoms with E-state index in [0.29, 0.717) is 35.7 Å². The molecule has 0 aromatic heterocycles. The third-order valence-corrected chi connectivity index (χ3v) is 8.83. The first-order valence-corrected chi connectivity index (χ1v) is 14.6. The second-order valence-corrected chi connectivity index (χ2v) is 11.1. The van der Waals surface area contributed by atoms with Crippen LogP contribution >= 0.6 is 0 Å². The summed E-state index contributed by atoms with van der Waals surface area (Å²) in [4.78, 5) is 34.2. The third-order valence-electron chi connectivity index (χ3n) is 8.83. The lowest BCUT2D eigenvalue weighted by atomic mass is 9.75. The largest absolute Gasteiger partial charge is 0.493 e. The number of rotatable bonds is 8. The van der Waals surface area contributed by atoms with Crippen LogP contribution in [0.3, 0.4) is 0 Å². The fourth-order valence-electron chi connectivity index (χ4n) is 6.64. The molecule has 1 fully saturated rings. The lowest BCUT2D eigenvalue weighted by Crippen LogP contribution is -2.50. The van der Waals surface area contributed by atoms with Gasteiger partial charge in [-0.05, 0) is 72.5 Å². The number of halogens is 1. The van der Waals surface area contributed by atoms with Gasteiger partial charge in [-0.15, -0.1) is 0 Å². The number of hydrogen-bond acceptors (Lipinski definition) is 6. The van der Waals surface area contributed by atoms with Gasteiger partial charge < -0.3 is 24.6 Å². The van der Waals surface area contributed by atoms with Crippen molar-refractivity contribution >= 4 is 17.5 Å². The summed E-state index contributed by atoms with van der Waals surface area (Å²) in [5.41, 5.74) is 4.40. The van der Waals surface area contributed by atoms with E-state index in [1.54, 1.807) is 26.4 Å². The number of carbonyl (C=O) groups excluding carboxylic acids is 2. The molecular formula is C33H37FN4O4. The summed E-state index contributed by atoms with van der Waals surface area (Å²) >= 11 is 0. The van der Waals surface area contributed by atoms with Crippen molar-refractivity contribution in [1.29, 1.82) is 0 Å². The van der Waals surface area contributed by atoms with E-state index in [-0.39, 0.29) is 23.7 Å². The van der Waals surface area contributed by atoms with Gasteiger partial charge >= 0.3 is 0 Å². The standard InChI is InChI=1S/C33H37FN4O4/c1-41-28-20-26-27(21-29(28)42-2)33(40)38-15-12-22-6-3-4-7-25(22)31(38)30(26)32(39)35-13-5-14-36-16-18-37(19-17-36)24-10-8-23(34)9-11-24/h3-4,6-11,20-21,30-31H,5,12-19H2,1-2H3,(H,35,39)/t30-,31+/m1/s1. The van der Waals surface area contributed by atoms with Crippen LogP contribution < -0.4 is 19.7 Å². The molecule has 3 heterocycles. The molecule has 2 atom stereocenters. The Labute approximate surface area is 246 Å². The molecule has 3 aromatic carbocycles. The van der Waals surface area contributed by atoms with Gasteiger partial charge in [0, 0.05) is 50.5 Å². The van der Waals surface area contributed by atoms with E-state index >= 15 is 0 Å². The summed E-state index contributed by atoms with van der Waals surface area (Å²) in [6.07, 6.45) is 1.57. The number of piperazine rings is 1. The van der Waals surface area contributed by atoms with E-state index in [2.05, 4.69) is 21.2 Å². The fourth-order valence-corrected chi connectivity index (χ4v) is 6.64. The smallest absolute Gasteiger partial charge is 0.254 e. The number of anilines is 1. The summed E-state index contributed by atoms with van der Waals surface area (Å²) in [6, 6.07) is 17.9. The van der Waals surface area contributed by atoms with E-state index in [1.165, 1.54) is 17.7 Å². The molecule has 0 aliphatic carbocycles. The number of amides is 2. The first-order valence-electron chi connectivity index (χ1n) is 14.6. The van der Waals surface area contributed by atoms with Crippen LogP contribution in [0.1, 0.15) is 45.4 Å². The number of nitrogens with zero attached hydrogens (tertiary/aromatic N) is 3. The summed E-state index contributed by atoms with van der Waals surface area (Å²) in [6.45, 7) is 5.57. The molecule has 6 rings (SSSR count). The van der Waals surface area contributed by atoms with Crippen LogP contribution in [0.2, 0.25) is 0 Å². The first-order chi connectivity index (χ1) is 20.5. The highest BCUT2D eigenvalue weighted by molar-refractivity contribution is 6.02.